The highest BCUT2D eigenvalue weighted by Crippen LogP contribution is 2.16. The van der Waals surface area contributed by atoms with E-state index in [0.717, 1.165) is 0 Å². The smallest absolute Gasteiger partial charge is 0.276 e. The molecule has 0 radical (unpaired) electrons. The zero-order valence-corrected chi connectivity index (χ0v) is 13.6. The van der Waals surface area contributed by atoms with Crippen molar-refractivity contribution in [2.75, 3.05) is 6.61 Å². The second-order valence-corrected chi connectivity index (χ2v) is 6.27. The van der Waals surface area contributed by atoms with Crippen LogP contribution in [0.15, 0.2) is 58.5 Å². The number of sulfonamides is 1. The average Bonchev–Trinajstić information content (AvgIpc) is 2.56. The highest BCUT2D eigenvalue weighted by molar-refractivity contribution is 7.89. The molecule has 0 fully saturated rings. The maximum Gasteiger partial charge on any atom is 0.276 e. The third-order valence-corrected chi connectivity index (χ3v) is 4.17. The fourth-order valence-corrected chi connectivity index (χ4v) is 2.58. The summed E-state index contributed by atoms with van der Waals surface area (Å²) in [5.41, 5.74) is 0.470. The van der Waals surface area contributed by atoms with Gasteiger partial charge in [0.25, 0.3) is 15.7 Å². The second kappa shape index (κ2) is 7.55. The summed E-state index contributed by atoms with van der Waals surface area (Å²) in [6.45, 7) is 2.32. The van der Waals surface area contributed by atoms with Gasteiger partial charge in [-0.1, -0.05) is 0 Å². The third-order valence-electron chi connectivity index (χ3n) is 2.94. The van der Waals surface area contributed by atoms with Gasteiger partial charge in [0, 0.05) is 12.1 Å². The molecule has 0 aliphatic carbocycles. The van der Waals surface area contributed by atoms with Gasteiger partial charge in [0.2, 0.25) is 0 Å². The standard InChI is InChI=1S/C15H15N3O5S/c1-2-23-14-7-9-15(10-8-14)24(21,22)17-16-11-12-3-5-13(6-4-12)18(19)20/h3-11,17H,2H2,1H3/b16-11-. The molecule has 0 amide bonds. The van der Waals surface area contributed by atoms with Gasteiger partial charge in [0.1, 0.15) is 5.75 Å². The molecule has 2 aromatic carbocycles. The molecule has 9 heteroatoms. The van der Waals surface area contributed by atoms with Gasteiger partial charge in [0.05, 0.1) is 22.6 Å². The van der Waals surface area contributed by atoms with E-state index in [-0.39, 0.29) is 10.6 Å². The van der Waals surface area contributed by atoms with Crippen molar-refractivity contribution >= 4 is 21.9 Å². The van der Waals surface area contributed by atoms with E-state index in [1.54, 1.807) is 12.1 Å². The number of hydrogen-bond donors (Lipinski definition) is 1. The fourth-order valence-electron chi connectivity index (χ4n) is 1.79. The number of nitrogens with zero attached hydrogens (tertiary/aromatic N) is 2. The first kappa shape index (κ1) is 17.4. The van der Waals surface area contributed by atoms with Gasteiger partial charge >= 0.3 is 0 Å². The molecule has 2 aromatic rings. The van der Waals surface area contributed by atoms with Crippen LogP contribution in [0.5, 0.6) is 5.75 Å². The van der Waals surface area contributed by atoms with Crippen LogP contribution in [-0.4, -0.2) is 26.2 Å². The Kier molecular flexibility index (Phi) is 5.48. The van der Waals surface area contributed by atoms with E-state index < -0.39 is 14.9 Å². The van der Waals surface area contributed by atoms with Crippen molar-refractivity contribution in [2.24, 2.45) is 5.10 Å². The third kappa shape index (κ3) is 4.53. The highest BCUT2D eigenvalue weighted by Gasteiger charge is 2.12. The van der Waals surface area contributed by atoms with Crippen LogP contribution >= 0.6 is 0 Å². The number of hydrazone groups is 1. The SMILES string of the molecule is CCOc1ccc(S(=O)(=O)N/N=C\c2ccc([N+](=O)[O-])cc2)cc1. The number of rotatable bonds is 7. The zero-order chi connectivity index (χ0) is 17.6. The zero-order valence-electron chi connectivity index (χ0n) is 12.7. The molecule has 2 rings (SSSR count). The van der Waals surface area contributed by atoms with Crippen LogP contribution in [0.1, 0.15) is 12.5 Å². The Morgan fingerprint density at radius 1 is 1.17 bits per heavy atom. The predicted molar refractivity (Wildman–Crippen MR) is 88.6 cm³/mol. The summed E-state index contributed by atoms with van der Waals surface area (Å²) in [5, 5.41) is 14.2. The summed E-state index contributed by atoms with van der Waals surface area (Å²) >= 11 is 0. The van der Waals surface area contributed by atoms with Gasteiger partial charge in [-0.2, -0.15) is 13.5 Å². The molecule has 8 nitrogen and oxygen atoms in total. The van der Waals surface area contributed by atoms with Gasteiger partial charge in [-0.05, 0) is 48.9 Å². The predicted octanol–water partition coefficient (Wildman–Crippen LogP) is 2.31. The minimum atomic E-state index is -3.80. The van der Waals surface area contributed by atoms with E-state index in [1.807, 2.05) is 6.92 Å². The normalized spacial score (nSPS) is 11.4. The fraction of sp³-hybridized carbons (Fsp3) is 0.133. The molecule has 0 heterocycles. The van der Waals surface area contributed by atoms with Crippen molar-refractivity contribution < 1.29 is 18.1 Å². The molecule has 0 aliphatic rings. The molecule has 1 N–H and O–H groups in total. The van der Waals surface area contributed by atoms with Crippen molar-refractivity contribution in [3.8, 4) is 5.75 Å². The Hall–Kier alpha value is -2.94. The molecule has 0 spiro atoms. The molecule has 126 valence electrons. The van der Waals surface area contributed by atoms with Crippen LogP contribution in [0, 0.1) is 10.1 Å². The minimum Gasteiger partial charge on any atom is -0.494 e. The number of ether oxygens (including phenoxy) is 1. The molecule has 0 saturated carbocycles. The van der Waals surface area contributed by atoms with E-state index in [2.05, 4.69) is 9.93 Å². The number of benzene rings is 2. The molecule has 0 saturated heterocycles. The van der Waals surface area contributed by atoms with Crippen LogP contribution in [0.25, 0.3) is 0 Å². The molecule has 0 atom stereocenters. The Morgan fingerprint density at radius 2 is 1.79 bits per heavy atom. The van der Waals surface area contributed by atoms with Crippen molar-refractivity contribution in [3.63, 3.8) is 0 Å². The lowest BCUT2D eigenvalue weighted by atomic mass is 10.2. The lowest BCUT2D eigenvalue weighted by Gasteiger charge is -2.05. The van der Waals surface area contributed by atoms with Crippen LogP contribution in [0.3, 0.4) is 0 Å². The van der Waals surface area contributed by atoms with Gasteiger partial charge in [-0.3, -0.25) is 10.1 Å². The summed E-state index contributed by atoms with van der Waals surface area (Å²) in [6, 6.07) is 11.5. The second-order valence-electron chi connectivity index (χ2n) is 4.61. The van der Waals surface area contributed by atoms with E-state index >= 15 is 0 Å². The summed E-state index contributed by atoms with van der Waals surface area (Å²) < 4.78 is 29.4. The monoisotopic (exact) mass is 349 g/mol. The Balaban J connectivity index is 2.04. The Bertz CT molecular complexity index is 830. The molecule has 0 aliphatic heterocycles. The molecular formula is C15H15N3O5S. The summed E-state index contributed by atoms with van der Waals surface area (Å²) in [4.78, 5) is 12.2. The van der Waals surface area contributed by atoms with Gasteiger partial charge < -0.3 is 4.74 Å². The number of nitro benzene ring substituents is 1. The van der Waals surface area contributed by atoms with Gasteiger partial charge in [0.15, 0.2) is 0 Å². The first-order valence-electron chi connectivity index (χ1n) is 6.94. The molecule has 24 heavy (non-hydrogen) atoms. The molecule has 0 bridgehead atoms. The van der Waals surface area contributed by atoms with Crippen molar-refractivity contribution in [2.45, 2.75) is 11.8 Å². The van der Waals surface area contributed by atoms with Gasteiger partial charge in [-0.15, -0.1) is 0 Å². The van der Waals surface area contributed by atoms with Gasteiger partial charge in [-0.25, -0.2) is 4.83 Å². The van der Waals surface area contributed by atoms with Crippen molar-refractivity contribution in [3.05, 3.63) is 64.2 Å². The van der Waals surface area contributed by atoms with E-state index in [4.69, 9.17) is 4.74 Å². The Labute approximate surface area is 139 Å². The number of nitro groups is 1. The summed E-state index contributed by atoms with van der Waals surface area (Å²) in [7, 11) is -3.80. The maximum atomic E-state index is 12.1. The first-order valence-corrected chi connectivity index (χ1v) is 8.43. The van der Waals surface area contributed by atoms with Crippen LogP contribution < -0.4 is 9.57 Å². The molecule has 0 aromatic heterocycles. The average molecular weight is 349 g/mol. The molecule has 0 unspecified atom stereocenters. The number of non-ortho nitro benzene ring substituents is 1. The van der Waals surface area contributed by atoms with Crippen molar-refractivity contribution in [1.29, 1.82) is 0 Å². The number of nitrogens with one attached hydrogen (secondary N) is 1. The first-order chi connectivity index (χ1) is 11.4. The van der Waals surface area contributed by atoms with E-state index in [0.29, 0.717) is 17.9 Å². The van der Waals surface area contributed by atoms with Crippen LogP contribution in [0.2, 0.25) is 0 Å². The summed E-state index contributed by atoms with van der Waals surface area (Å²) in [6.07, 6.45) is 1.26. The topological polar surface area (TPSA) is 111 Å². The number of hydrogen-bond acceptors (Lipinski definition) is 6. The van der Waals surface area contributed by atoms with E-state index in [9.17, 15) is 18.5 Å². The van der Waals surface area contributed by atoms with Crippen LogP contribution in [0.4, 0.5) is 5.69 Å². The molecular weight excluding hydrogens is 334 g/mol. The highest BCUT2D eigenvalue weighted by atomic mass is 32.2. The van der Waals surface area contributed by atoms with Crippen molar-refractivity contribution in [1.82, 2.24) is 4.83 Å². The quantitative estimate of drug-likeness (QED) is 0.468. The van der Waals surface area contributed by atoms with Crippen LogP contribution in [-0.2, 0) is 10.0 Å². The largest absolute Gasteiger partial charge is 0.494 e. The lowest BCUT2D eigenvalue weighted by molar-refractivity contribution is -0.384. The maximum absolute atomic E-state index is 12.1. The summed E-state index contributed by atoms with van der Waals surface area (Å²) in [5.74, 6) is 0.575. The minimum absolute atomic E-state index is 0.0480. The van der Waals surface area contributed by atoms with E-state index in [1.165, 1.54) is 42.6 Å². The Morgan fingerprint density at radius 3 is 2.33 bits per heavy atom. The lowest BCUT2D eigenvalue weighted by Crippen LogP contribution is -2.18.